The van der Waals surface area contributed by atoms with Crippen molar-refractivity contribution in [1.29, 1.82) is 0 Å². The van der Waals surface area contributed by atoms with Crippen LogP contribution in [0.4, 0.5) is 0 Å². The molecule has 1 aliphatic rings. The molecule has 1 unspecified atom stereocenters. The van der Waals surface area contributed by atoms with Gasteiger partial charge in [-0.1, -0.05) is 0 Å². The third-order valence-electron chi connectivity index (χ3n) is 1.77. The molecule has 1 fully saturated rings. The zero-order valence-electron chi connectivity index (χ0n) is 6.02. The summed E-state index contributed by atoms with van der Waals surface area (Å²) in [5, 5.41) is -1.03. The van der Waals surface area contributed by atoms with Gasteiger partial charge in [-0.3, -0.25) is 9.35 Å². The standard InChI is InChI=1S/C5H9NO4S/c1-6-4(7)2-3-5(6)11(8,9)10/h5H,2-3H2,1H3,(H,8,9,10). The highest BCUT2D eigenvalue weighted by atomic mass is 32.2. The summed E-state index contributed by atoms with van der Waals surface area (Å²) in [4.78, 5) is 11.8. The molecule has 1 aliphatic heterocycles. The molecule has 0 aliphatic carbocycles. The predicted molar refractivity (Wildman–Crippen MR) is 37.3 cm³/mol. The van der Waals surface area contributed by atoms with Crippen molar-refractivity contribution in [2.75, 3.05) is 7.05 Å². The van der Waals surface area contributed by atoms with Crippen LogP contribution in [0.3, 0.4) is 0 Å². The monoisotopic (exact) mass is 179 g/mol. The summed E-state index contributed by atoms with van der Waals surface area (Å²) in [5.74, 6) is -0.243. The van der Waals surface area contributed by atoms with Gasteiger partial charge in [0.05, 0.1) is 0 Å². The maximum Gasteiger partial charge on any atom is 0.286 e. The number of amides is 1. The Labute approximate surface area is 64.7 Å². The van der Waals surface area contributed by atoms with Crippen LogP contribution in [0.5, 0.6) is 0 Å². The normalized spacial score (nSPS) is 26.2. The third-order valence-corrected chi connectivity index (χ3v) is 3.01. The fourth-order valence-electron chi connectivity index (χ4n) is 1.13. The molecule has 0 radical (unpaired) electrons. The molecule has 0 aromatic heterocycles. The molecule has 6 heteroatoms. The zero-order valence-corrected chi connectivity index (χ0v) is 6.84. The van der Waals surface area contributed by atoms with E-state index in [2.05, 4.69) is 0 Å². The molecule has 1 rings (SSSR count). The van der Waals surface area contributed by atoms with Gasteiger partial charge in [-0.15, -0.1) is 0 Å². The van der Waals surface area contributed by atoms with E-state index >= 15 is 0 Å². The number of likely N-dealkylation sites (tertiary alicyclic amines) is 1. The average molecular weight is 179 g/mol. The van der Waals surface area contributed by atoms with Crippen LogP contribution >= 0.6 is 0 Å². The first-order chi connectivity index (χ1) is 4.93. The summed E-state index contributed by atoms with van der Waals surface area (Å²) in [6, 6.07) is 0. The van der Waals surface area contributed by atoms with Gasteiger partial charge in [0, 0.05) is 13.5 Å². The summed E-state index contributed by atoms with van der Waals surface area (Å²) < 4.78 is 29.7. The number of hydrogen-bond acceptors (Lipinski definition) is 3. The lowest BCUT2D eigenvalue weighted by molar-refractivity contribution is -0.126. The van der Waals surface area contributed by atoms with Crippen LogP contribution in [0.1, 0.15) is 12.8 Å². The number of rotatable bonds is 1. The van der Waals surface area contributed by atoms with Gasteiger partial charge < -0.3 is 4.90 Å². The van der Waals surface area contributed by atoms with Gasteiger partial charge in [0.15, 0.2) is 5.37 Å². The average Bonchev–Trinajstić information content (AvgIpc) is 2.11. The summed E-state index contributed by atoms with van der Waals surface area (Å²) in [6.07, 6.45) is 0.384. The van der Waals surface area contributed by atoms with Gasteiger partial charge in [-0.25, -0.2) is 0 Å². The lowest BCUT2D eigenvalue weighted by Crippen LogP contribution is -2.34. The predicted octanol–water partition coefficient (Wildman–Crippen LogP) is -0.547. The molecule has 0 bridgehead atoms. The molecule has 5 nitrogen and oxygen atoms in total. The molecule has 64 valence electrons. The maximum atomic E-state index is 10.8. The molecule has 1 saturated heterocycles. The van der Waals surface area contributed by atoms with Crippen LogP contribution in [0.25, 0.3) is 0 Å². The van der Waals surface area contributed by atoms with Crippen LogP contribution in [-0.2, 0) is 14.9 Å². The molecule has 0 saturated carbocycles. The van der Waals surface area contributed by atoms with Gasteiger partial charge in [0.2, 0.25) is 5.91 Å². The molecule has 1 atom stereocenters. The largest absolute Gasteiger partial charge is 0.327 e. The third kappa shape index (κ3) is 1.51. The highest BCUT2D eigenvalue weighted by molar-refractivity contribution is 7.86. The Morgan fingerprint density at radius 1 is 1.64 bits per heavy atom. The van der Waals surface area contributed by atoms with Gasteiger partial charge in [-0.2, -0.15) is 8.42 Å². The number of carbonyl (C=O) groups is 1. The van der Waals surface area contributed by atoms with Crippen LogP contribution in [-0.4, -0.2) is 36.2 Å². The molecule has 11 heavy (non-hydrogen) atoms. The van der Waals surface area contributed by atoms with Crippen molar-refractivity contribution in [3.8, 4) is 0 Å². The quantitative estimate of drug-likeness (QED) is 0.548. The highest BCUT2D eigenvalue weighted by Crippen LogP contribution is 2.19. The summed E-state index contributed by atoms with van der Waals surface area (Å²) in [5.41, 5.74) is 0. The molecule has 0 spiro atoms. The Kier molecular flexibility index (Phi) is 1.89. The molecular formula is C5H9NO4S. The summed E-state index contributed by atoms with van der Waals surface area (Å²) >= 11 is 0. The Hall–Kier alpha value is -0.620. The second-order valence-electron chi connectivity index (χ2n) is 2.51. The van der Waals surface area contributed by atoms with Crippen molar-refractivity contribution < 1.29 is 17.8 Å². The van der Waals surface area contributed by atoms with Crippen molar-refractivity contribution >= 4 is 16.0 Å². The molecule has 1 heterocycles. The second kappa shape index (κ2) is 2.46. The topological polar surface area (TPSA) is 74.7 Å². The molecule has 1 N–H and O–H groups in total. The Morgan fingerprint density at radius 2 is 2.18 bits per heavy atom. The fraction of sp³-hybridized carbons (Fsp3) is 0.800. The van der Waals surface area contributed by atoms with E-state index in [1.807, 2.05) is 0 Å². The minimum absolute atomic E-state index is 0.189. The summed E-state index contributed by atoms with van der Waals surface area (Å²) in [6.45, 7) is 0. The number of carbonyl (C=O) groups excluding carboxylic acids is 1. The van der Waals surface area contributed by atoms with Crippen LogP contribution < -0.4 is 0 Å². The van der Waals surface area contributed by atoms with Crippen molar-refractivity contribution in [2.45, 2.75) is 18.2 Å². The second-order valence-corrected chi connectivity index (χ2v) is 4.09. The lowest BCUT2D eigenvalue weighted by atomic mass is 10.4. The first-order valence-corrected chi connectivity index (χ1v) is 4.65. The van der Waals surface area contributed by atoms with Gasteiger partial charge in [-0.05, 0) is 6.42 Å². The minimum Gasteiger partial charge on any atom is -0.327 e. The van der Waals surface area contributed by atoms with Crippen molar-refractivity contribution in [2.24, 2.45) is 0 Å². The minimum atomic E-state index is -4.08. The van der Waals surface area contributed by atoms with E-state index in [0.29, 0.717) is 0 Å². The molecule has 0 aromatic rings. The SMILES string of the molecule is CN1C(=O)CCC1S(=O)(=O)O. The van der Waals surface area contributed by atoms with E-state index in [-0.39, 0.29) is 18.7 Å². The number of nitrogens with zero attached hydrogens (tertiary/aromatic N) is 1. The van der Waals surface area contributed by atoms with E-state index in [0.717, 1.165) is 4.90 Å². The zero-order chi connectivity index (χ0) is 8.65. The number of hydrogen-bond donors (Lipinski definition) is 1. The highest BCUT2D eigenvalue weighted by Gasteiger charge is 2.36. The van der Waals surface area contributed by atoms with Gasteiger partial charge >= 0.3 is 0 Å². The first-order valence-electron chi connectivity index (χ1n) is 3.15. The Morgan fingerprint density at radius 3 is 2.36 bits per heavy atom. The fourth-order valence-corrected chi connectivity index (χ4v) is 2.06. The molecule has 1 amide bonds. The van der Waals surface area contributed by atoms with Crippen LogP contribution in [0, 0.1) is 0 Å². The van der Waals surface area contributed by atoms with E-state index < -0.39 is 15.5 Å². The molecular weight excluding hydrogens is 170 g/mol. The van der Waals surface area contributed by atoms with Gasteiger partial charge in [0.1, 0.15) is 0 Å². The van der Waals surface area contributed by atoms with Crippen LogP contribution in [0.15, 0.2) is 0 Å². The van der Waals surface area contributed by atoms with E-state index in [1.54, 1.807) is 0 Å². The summed E-state index contributed by atoms with van der Waals surface area (Å²) in [7, 11) is -2.71. The van der Waals surface area contributed by atoms with E-state index in [9.17, 15) is 13.2 Å². The van der Waals surface area contributed by atoms with Crippen molar-refractivity contribution in [1.82, 2.24) is 4.90 Å². The van der Waals surface area contributed by atoms with E-state index in [1.165, 1.54) is 7.05 Å². The Balaban J connectivity index is 2.87. The first kappa shape index (κ1) is 8.48. The van der Waals surface area contributed by atoms with Crippen molar-refractivity contribution in [3.05, 3.63) is 0 Å². The smallest absolute Gasteiger partial charge is 0.286 e. The maximum absolute atomic E-state index is 10.8. The van der Waals surface area contributed by atoms with E-state index in [4.69, 9.17) is 4.55 Å². The van der Waals surface area contributed by atoms with Gasteiger partial charge in [0.25, 0.3) is 10.1 Å². The lowest BCUT2D eigenvalue weighted by Gasteiger charge is -2.15. The Bertz CT molecular complexity index is 270. The molecule has 0 aromatic carbocycles. The van der Waals surface area contributed by atoms with Crippen molar-refractivity contribution in [3.63, 3.8) is 0 Å². The van der Waals surface area contributed by atoms with Crippen LogP contribution in [0.2, 0.25) is 0 Å².